The quantitative estimate of drug-likeness (QED) is 0.676. The zero-order valence-corrected chi connectivity index (χ0v) is 13.1. The number of halogens is 3. The molecule has 0 spiro atoms. The fourth-order valence-electron chi connectivity index (χ4n) is 1.72. The highest BCUT2D eigenvalue weighted by Crippen LogP contribution is 2.37. The molecule has 1 aromatic carbocycles. The van der Waals surface area contributed by atoms with Gasteiger partial charge in [-0.1, -0.05) is 34.8 Å². The van der Waals surface area contributed by atoms with E-state index in [9.17, 15) is 9.90 Å². The summed E-state index contributed by atoms with van der Waals surface area (Å²) in [6.07, 6.45) is 1.60. The fraction of sp³-hybridized carbons (Fsp3) is 0. The van der Waals surface area contributed by atoms with E-state index < -0.39 is 5.97 Å². The third kappa shape index (κ3) is 2.55. The van der Waals surface area contributed by atoms with Crippen LogP contribution in [0.4, 0.5) is 0 Å². The van der Waals surface area contributed by atoms with Gasteiger partial charge >= 0.3 is 5.97 Å². The van der Waals surface area contributed by atoms with Gasteiger partial charge in [0.2, 0.25) is 0 Å². The number of aromatic nitrogens is 2. The number of carboxylic acids is 1. The zero-order valence-electron chi connectivity index (χ0n) is 10.0. The number of fused-ring (bicyclic) bond motifs is 1. The molecular weight excluding hydrogens is 359 g/mol. The van der Waals surface area contributed by atoms with Gasteiger partial charge in [-0.25, -0.2) is 4.79 Å². The van der Waals surface area contributed by atoms with Crippen molar-refractivity contribution in [3.8, 4) is 11.6 Å². The molecule has 0 aliphatic rings. The minimum absolute atomic E-state index is 0.0605. The van der Waals surface area contributed by atoms with Crippen LogP contribution in [0.2, 0.25) is 15.1 Å². The van der Waals surface area contributed by atoms with Gasteiger partial charge in [-0.3, -0.25) is 4.40 Å². The maximum absolute atomic E-state index is 11.4. The van der Waals surface area contributed by atoms with E-state index in [2.05, 4.69) is 4.98 Å². The van der Waals surface area contributed by atoms with Crippen LogP contribution in [0.5, 0.6) is 11.6 Å². The molecule has 1 N–H and O–H groups in total. The van der Waals surface area contributed by atoms with Crippen LogP contribution >= 0.6 is 46.1 Å². The van der Waals surface area contributed by atoms with Crippen molar-refractivity contribution in [2.24, 2.45) is 0 Å². The number of carbonyl (C=O) groups is 1. The van der Waals surface area contributed by atoms with Gasteiger partial charge in [-0.05, 0) is 6.07 Å². The first-order valence-electron chi connectivity index (χ1n) is 5.48. The number of aromatic carboxylic acids is 1. The van der Waals surface area contributed by atoms with Gasteiger partial charge in [0, 0.05) is 17.6 Å². The van der Waals surface area contributed by atoms with Crippen molar-refractivity contribution in [2.75, 3.05) is 0 Å². The van der Waals surface area contributed by atoms with Gasteiger partial charge < -0.3 is 9.84 Å². The highest BCUT2D eigenvalue weighted by atomic mass is 35.5. The first-order valence-corrected chi connectivity index (χ1v) is 7.50. The van der Waals surface area contributed by atoms with Gasteiger partial charge in [-0.15, -0.1) is 11.3 Å². The number of nitrogens with zero attached hydrogens (tertiary/aromatic N) is 2. The van der Waals surface area contributed by atoms with E-state index >= 15 is 0 Å². The first-order chi connectivity index (χ1) is 9.97. The largest absolute Gasteiger partial charge is 0.476 e. The molecular formula is C12H5Cl3N2O3S. The lowest BCUT2D eigenvalue weighted by Gasteiger charge is -2.07. The average molecular weight is 364 g/mol. The van der Waals surface area contributed by atoms with Crippen molar-refractivity contribution in [3.63, 3.8) is 0 Å². The monoisotopic (exact) mass is 362 g/mol. The summed E-state index contributed by atoms with van der Waals surface area (Å²) in [6, 6.07) is 2.82. The second kappa shape index (κ2) is 5.38. The topological polar surface area (TPSA) is 63.8 Å². The van der Waals surface area contributed by atoms with Crippen molar-refractivity contribution in [2.45, 2.75) is 0 Å². The molecule has 0 unspecified atom stereocenters. The summed E-state index contributed by atoms with van der Waals surface area (Å²) in [5.74, 6) is -1.04. The van der Waals surface area contributed by atoms with E-state index in [0.717, 1.165) is 0 Å². The van der Waals surface area contributed by atoms with E-state index in [1.165, 1.54) is 27.9 Å². The Labute approximate surface area is 137 Å². The molecule has 0 saturated heterocycles. The summed E-state index contributed by atoms with van der Waals surface area (Å²) >= 11 is 19.0. The molecule has 0 fully saturated rings. The first kappa shape index (κ1) is 14.5. The van der Waals surface area contributed by atoms with Crippen LogP contribution in [0.1, 0.15) is 10.5 Å². The predicted octanol–water partition coefficient (Wildman–Crippen LogP) is 4.85. The number of ether oxygens (including phenoxy) is 1. The second-order valence-corrected chi connectivity index (χ2v) is 6.02. The number of hydrogen-bond acceptors (Lipinski definition) is 4. The van der Waals surface area contributed by atoms with E-state index in [0.29, 0.717) is 4.96 Å². The van der Waals surface area contributed by atoms with E-state index in [1.54, 1.807) is 11.6 Å². The van der Waals surface area contributed by atoms with Gasteiger partial charge in [0.25, 0.3) is 5.88 Å². The molecule has 9 heteroatoms. The van der Waals surface area contributed by atoms with Gasteiger partial charge in [0.1, 0.15) is 5.75 Å². The highest BCUT2D eigenvalue weighted by Gasteiger charge is 2.22. The summed E-state index contributed by atoms with van der Waals surface area (Å²) in [5.41, 5.74) is -0.0895. The summed E-state index contributed by atoms with van der Waals surface area (Å²) in [4.78, 5) is 16.0. The van der Waals surface area contributed by atoms with Crippen LogP contribution in [0.25, 0.3) is 4.96 Å². The second-order valence-electron chi connectivity index (χ2n) is 3.93. The Balaban J connectivity index is 2.10. The summed E-state index contributed by atoms with van der Waals surface area (Å²) in [7, 11) is 0. The number of rotatable bonds is 3. The highest BCUT2D eigenvalue weighted by molar-refractivity contribution is 7.15. The molecule has 0 radical (unpaired) electrons. The van der Waals surface area contributed by atoms with Crippen LogP contribution in [0.3, 0.4) is 0 Å². The standard InChI is InChI=1S/C12H5Cl3N2O3S/c13-5-3-7(15)8(4-6(5)14)20-10-9(11(18)19)17-1-2-21-12(17)16-10/h1-4H,(H,18,19). The number of carboxylic acid groups (broad SMARTS) is 1. The van der Waals surface area contributed by atoms with Crippen molar-refractivity contribution < 1.29 is 14.6 Å². The number of thiazole rings is 1. The van der Waals surface area contributed by atoms with E-state index in [1.807, 2.05) is 0 Å². The molecule has 0 atom stereocenters. The Bertz CT molecular complexity index is 859. The Kier molecular flexibility index (Phi) is 3.71. The van der Waals surface area contributed by atoms with Crippen molar-refractivity contribution >= 4 is 57.1 Å². The molecule has 0 aliphatic heterocycles. The Hall–Kier alpha value is -1.47. The molecule has 0 saturated carbocycles. The minimum Gasteiger partial charge on any atom is -0.476 e. The molecule has 0 aliphatic carbocycles. The van der Waals surface area contributed by atoms with Crippen LogP contribution in [0, 0.1) is 0 Å². The fourth-order valence-corrected chi connectivity index (χ4v) is 3.00. The van der Waals surface area contributed by atoms with Crippen molar-refractivity contribution in [1.82, 2.24) is 9.38 Å². The van der Waals surface area contributed by atoms with Gasteiger partial charge in [0.05, 0.1) is 15.1 Å². The Morgan fingerprint density at radius 2 is 1.95 bits per heavy atom. The third-order valence-corrected chi connectivity index (χ3v) is 4.39. The molecule has 3 rings (SSSR count). The Morgan fingerprint density at radius 1 is 1.24 bits per heavy atom. The summed E-state index contributed by atoms with van der Waals surface area (Å²) in [6.45, 7) is 0. The Morgan fingerprint density at radius 3 is 2.67 bits per heavy atom. The van der Waals surface area contributed by atoms with E-state index in [4.69, 9.17) is 39.5 Å². The molecule has 5 nitrogen and oxygen atoms in total. The van der Waals surface area contributed by atoms with Crippen LogP contribution < -0.4 is 4.74 Å². The lowest BCUT2D eigenvalue weighted by Crippen LogP contribution is -2.02. The van der Waals surface area contributed by atoms with Crippen LogP contribution in [0.15, 0.2) is 23.7 Å². The number of benzene rings is 1. The summed E-state index contributed by atoms with van der Waals surface area (Å²) in [5, 5.41) is 11.8. The van der Waals surface area contributed by atoms with Crippen LogP contribution in [-0.4, -0.2) is 20.5 Å². The average Bonchev–Trinajstić information content (AvgIpc) is 2.95. The molecule has 21 heavy (non-hydrogen) atoms. The lowest BCUT2D eigenvalue weighted by atomic mass is 10.3. The van der Waals surface area contributed by atoms with Gasteiger partial charge in [-0.2, -0.15) is 4.98 Å². The molecule has 108 valence electrons. The molecule has 2 aromatic heterocycles. The summed E-state index contributed by atoms with van der Waals surface area (Å²) < 4.78 is 6.92. The lowest BCUT2D eigenvalue weighted by molar-refractivity contribution is 0.0686. The normalized spacial score (nSPS) is 11.0. The molecule has 0 bridgehead atoms. The third-order valence-electron chi connectivity index (χ3n) is 2.61. The number of imidazole rings is 1. The maximum Gasteiger partial charge on any atom is 0.358 e. The van der Waals surface area contributed by atoms with Crippen LogP contribution in [-0.2, 0) is 0 Å². The molecule has 0 amide bonds. The SMILES string of the molecule is O=C(O)c1c(Oc2cc(Cl)c(Cl)cc2Cl)nc2sccn12. The molecule has 3 aromatic rings. The smallest absolute Gasteiger partial charge is 0.358 e. The van der Waals surface area contributed by atoms with Crippen molar-refractivity contribution in [1.29, 1.82) is 0 Å². The number of hydrogen-bond donors (Lipinski definition) is 1. The minimum atomic E-state index is -1.16. The zero-order chi connectivity index (χ0) is 15.1. The van der Waals surface area contributed by atoms with Crippen molar-refractivity contribution in [3.05, 3.63) is 44.5 Å². The van der Waals surface area contributed by atoms with Gasteiger partial charge in [0.15, 0.2) is 10.7 Å². The van der Waals surface area contributed by atoms with E-state index in [-0.39, 0.29) is 32.4 Å². The predicted molar refractivity (Wildman–Crippen MR) is 81.6 cm³/mol. The molecule has 2 heterocycles. The maximum atomic E-state index is 11.4.